The van der Waals surface area contributed by atoms with Crippen molar-refractivity contribution < 1.29 is 0 Å². The van der Waals surface area contributed by atoms with E-state index in [4.69, 9.17) is 0 Å². The van der Waals surface area contributed by atoms with Gasteiger partial charge in [0.05, 0.1) is 0 Å². The fourth-order valence-electron chi connectivity index (χ4n) is 4.79. The average Bonchev–Trinajstić information content (AvgIpc) is 2.62. The highest BCUT2D eigenvalue weighted by atomic mass is 15.1. The first kappa shape index (κ1) is 4.00. The molecule has 0 nitrogen and oxygen atoms in total. The van der Waals surface area contributed by atoms with Crippen molar-refractivity contribution in [3.63, 3.8) is 0 Å². The lowest BCUT2D eigenvalue weighted by atomic mass is 10.0. The van der Waals surface area contributed by atoms with Crippen molar-refractivity contribution in [2.24, 2.45) is 22.2 Å². The van der Waals surface area contributed by atoms with Gasteiger partial charge in [-0.25, -0.2) is 0 Å². The fourth-order valence-corrected chi connectivity index (χ4v) is 4.79. The number of hydrogen-bond acceptors (Lipinski definition) is 0. The van der Waals surface area contributed by atoms with Gasteiger partial charge in [0.15, 0.2) is 0 Å². The summed E-state index contributed by atoms with van der Waals surface area (Å²) in [6.07, 6.45) is 6.43. The number of rotatable bonds is 0. The smallest absolute Gasteiger partial charge is 0.0144 e. The Morgan fingerprint density at radius 2 is 2.33 bits per heavy atom. The Morgan fingerprint density at radius 3 is 2.56 bits per heavy atom. The molecule has 4 saturated carbocycles. The molecule has 0 radical (unpaired) electrons. The molecule has 4 rings (SSSR count). The topological polar surface area (TPSA) is 0 Å². The predicted octanol–water partition coefficient (Wildman–Crippen LogP) is 2.20. The van der Waals surface area contributed by atoms with Crippen LogP contribution >= 0.6 is 0 Å². The molecule has 0 bridgehead atoms. The van der Waals surface area contributed by atoms with Gasteiger partial charge >= 0.3 is 0 Å². The second-order valence-corrected chi connectivity index (χ2v) is 5.00. The predicted molar refractivity (Wildman–Crippen MR) is 34.9 cm³/mol. The van der Waals surface area contributed by atoms with Crippen LogP contribution in [-0.2, 0) is 0 Å². The van der Waals surface area contributed by atoms with Gasteiger partial charge in [0.1, 0.15) is 0 Å². The van der Waals surface area contributed by atoms with Gasteiger partial charge in [-0.2, -0.15) is 0 Å². The van der Waals surface area contributed by atoms with Gasteiger partial charge in [-0.3, -0.25) is 0 Å². The van der Waals surface area contributed by atoms with Crippen LogP contribution in [0.25, 0.3) is 0 Å². The third kappa shape index (κ3) is 0.149. The van der Waals surface area contributed by atoms with E-state index in [-0.39, 0.29) is 0 Å². The van der Waals surface area contributed by atoms with Crippen molar-refractivity contribution in [3.8, 4) is 0 Å². The van der Waals surface area contributed by atoms with E-state index in [1.54, 1.807) is 25.7 Å². The molecule has 4 aliphatic rings. The summed E-state index contributed by atoms with van der Waals surface area (Å²) in [5, 5.41) is 0. The molecule has 9 heavy (non-hydrogen) atoms. The molecular weight excluding hydrogens is 108 g/mol. The van der Waals surface area contributed by atoms with Crippen LogP contribution in [0.2, 0.25) is 0 Å². The molecule has 0 heterocycles. The van der Waals surface area contributed by atoms with Crippen LogP contribution in [0.3, 0.4) is 0 Å². The minimum absolute atomic E-state index is 0.920. The first-order chi connectivity index (χ1) is 4.27. The van der Waals surface area contributed by atoms with Crippen LogP contribution in [0.4, 0.5) is 0 Å². The maximum Gasteiger partial charge on any atom is -0.0144 e. The van der Waals surface area contributed by atoms with E-state index >= 15 is 0 Å². The molecule has 0 N–H and O–H groups in total. The van der Waals surface area contributed by atoms with Gasteiger partial charge in [-0.15, -0.1) is 0 Å². The summed E-state index contributed by atoms with van der Waals surface area (Å²) >= 11 is 0. The largest absolute Gasteiger partial charge is 0.0585 e. The zero-order chi connectivity index (χ0) is 5.91. The zero-order valence-electron chi connectivity index (χ0n) is 5.91. The SMILES string of the molecule is CC12CC13CCC1CC123. The second kappa shape index (κ2) is 0.627. The Morgan fingerprint density at radius 1 is 1.44 bits per heavy atom. The fraction of sp³-hybridized carbons (Fsp3) is 1.00. The molecule has 4 fully saturated rings. The summed E-state index contributed by atoms with van der Waals surface area (Å²) in [5.74, 6) is 1.22. The van der Waals surface area contributed by atoms with Gasteiger partial charge in [0.25, 0.3) is 0 Å². The van der Waals surface area contributed by atoms with Gasteiger partial charge in [0.2, 0.25) is 0 Å². The molecule has 48 valence electrons. The zero-order valence-corrected chi connectivity index (χ0v) is 5.91. The summed E-state index contributed by atoms with van der Waals surface area (Å²) in [4.78, 5) is 0. The molecule has 4 unspecified atom stereocenters. The first-order valence-corrected chi connectivity index (χ1v) is 4.27. The molecule has 0 heteroatoms. The van der Waals surface area contributed by atoms with Gasteiger partial charge in [0, 0.05) is 0 Å². The minimum atomic E-state index is 0.920. The van der Waals surface area contributed by atoms with Crippen LogP contribution in [-0.4, -0.2) is 0 Å². The number of hydrogen-bond donors (Lipinski definition) is 0. The third-order valence-corrected chi connectivity index (χ3v) is 5.39. The minimum Gasteiger partial charge on any atom is -0.0585 e. The molecule has 0 aromatic carbocycles. The molecule has 0 aliphatic heterocycles. The van der Waals surface area contributed by atoms with Crippen LogP contribution in [0.1, 0.15) is 32.6 Å². The molecule has 2 spiro atoms. The Balaban J connectivity index is 2.02. The van der Waals surface area contributed by atoms with Crippen LogP contribution in [0.15, 0.2) is 0 Å². The van der Waals surface area contributed by atoms with E-state index in [9.17, 15) is 0 Å². The molecule has 0 aromatic rings. The van der Waals surface area contributed by atoms with Crippen LogP contribution < -0.4 is 0 Å². The first-order valence-electron chi connectivity index (χ1n) is 4.27. The molecule has 0 saturated heterocycles. The molecule has 4 atom stereocenters. The Kier molecular flexibility index (Phi) is 0.279. The molecule has 4 aliphatic carbocycles. The molecular formula is C9H12. The van der Waals surface area contributed by atoms with Crippen LogP contribution in [0.5, 0.6) is 0 Å². The van der Waals surface area contributed by atoms with E-state index in [1.807, 2.05) is 0 Å². The normalized spacial score (nSPS) is 87.0. The second-order valence-electron chi connectivity index (χ2n) is 5.00. The highest BCUT2D eigenvalue weighted by Gasteiger charge is 3.05. The van der Waals surface area contributed by atoms with E-state index in [0.717, 1.165) is 16.2 Å². The van der Waals surface area contributed by atoms with Crippen molar-refractivity contribution >= 4 is 0 Å². The van der Waals surface area contributed by atoms with Crippen molar-refractivity contribution in [3.05, 3.63) is 0 Å². The lowest BCUT2D eigenvalue weighted by molar-refractivity contribution is 0.453. The summed E-state index contributed by atoms with van der Waals surface area (Å²) in [6, 6.07) is 0. The average molecular weight is 120 g/mol. The summed E-state index contributed by atoms with van der Waals surface area (Å²) < 4.78 is 0. The van der Waals surface area contributed by atoms with Crippen molar-refractivity contribution in [1.82, 2.24) is 0 Å². The van der Waals surface area contributed by atoms with Gasteiger partial charge < -0.3 is 0 Å². The molecule has 0 aromatic heterocycles. The summed E-state index contributed by atoms with van der Waals surface area (Å²) in [5.41, 5.74) is 2.90. The Hall–Kier alpha value is 0. The quantitative estimate of drug-likeness (QED) is 0.459. The Labute approximate surface area is 55.6 Å². The maximum absolute atomic E-state index is 2.53. The van der Waals surface area contributed by atoms with Gasteiger partial charge in [-0.05, 0) is 47.8 Å². The van der Waals surface area contributed by atoms with E-state index in [0.29, 0.717) is 0 Å². The van der Waals surface area contributed by atoms with Crippen molar-refractivity contribution in [2.45, 2.75) is 32.6 Å². The van der Waals surface area contributed by atoms with Crippen molar-refractivity contribution in [1.29, 1.82) is 0 Å². The standard InChI is InChI=1S/C9H12/c1-7-5-8(7)3-2-6-4-9(6,7)8/h6H,2-5H2,1H3. The van der Waals surface area contributed by atoms with E-state index < -0.39 is 0 Å². The lowest BCUT2D eigenvalue weighted by Crippen LogP contribution is -1.96. The Bertz CT molecular complexity index is 222. The summed E-state index contributed by atoms with van der Waals surface area (Å²) in [6.45, 7) is 2.53. The molecule has 0 amide bonds. The lowest BCUT2D eigenvalue weighted by Gasteiger charge is -2.02. The van der Waals surface area contributed by atoms with Crippen molar-refractivity contribution in [2.75, 3.05) is 0 Å². The highest BCUT2D eigenvalue weighted by Crippen LogP contribution is 3.11. The maximum atomic E-state index is 2.53. The summed E-state index contributed by atoms with van der Waals surface area (Å²) in [7, 11) is 0. The highest BCUT2D eigenvalue weighted by molar-refractivity contribution is 5.52. The van der Waals surface area contributed by atoms with E-state index in [1.165, 1.54) is 5.92 Å². The van der Waals surface area contributed by atoms with E-state index in [2.05, 4.69) is 6.92 Å². The third-order valence-electron chi connectivity index (χ3n) is 5.39. The monoisotopic (exact) mass is 120 g/mol. The van der Waals surface area contributed by atoms with Gasteiger partial charge in [-0.1, -0.05) is 6.92 Å². The van der Waals surface area contributed by atoms with Crippen LogP contribution in [0, 0.1) is 22.2 Å².